The van der Waals surface area contributed by atoms with Crippen molar-refractivity contribution in [3.05, 3.63) is 47.9 Å². The van der Waals surface area contributed by atoms with E-state index in [-0.39, 0.29) is 0 Å². The zero-order chi connectivity index (χ0) is 13.7. The van der Waals surface area contributed by atoms with Crippen LogP contribution in [-0.4, -0.2) is 17.6 Å². The fourth-order valence-electron chi connectivity index (χ4n) is 1.68. The van der Waals surface area contributed by atoms with Crippen molar-refractivity contribution in [1.29, 1.82) is 0 Å². The lowest BCUT2D eigenvalue weighted by Crippen LogP contribution is -2.15. The van der Waals surface area contributed by atoms with Crippen LogP contribution in [0.25, 0.3) is 0 Å². The van der Waals surface area contributed by atoms with Crippen LogP contribution >= 0.6 is 0 Å². The van der Waals surface area contributed by atoms with Crippen molar-refractivity contribution >= 4 is 17.3 Å². The molecule has 0 aliphatic heterocycles. The summed E-state index contributed by atoms with van der Waals surface area (Å²) in [6.07, 6.45) is 0. The lowest BCUT2D eigenvalue weighted by molar-refractivity contribution is -0.118. The number of benzene rings is 1. The molecule has 1 aromatic carbocycles. The molecule has 0 saturated heterocycles. The number of nitrogens with one attached hydrogen (secondary N) is 2. The van der Waals surface area contributed by atoms with Crippen LogP contribution in [0.5, 0.6) is 0 Å². The number of hydrogen-bond acceptors (Lipinski definition) is 4. The minimum Gasteiger partial charge on any atom is -0.465 e. The van der Waals surface area contributed by atoms with Gasteiger partial charge in [0.15, 0.2) is 0 Å². The summed E-state index contributed by atoms with van der Waals surface area (Å²) in [5.41, 5.74) is 1.50. The first kappa shape index (κ1) is 13.2. The lowest BCUT2D eigenvalue weighted by Gasteiger charge is -2.08. The Morgan fingerprint density at radius 2 is 2.05 bits per heavy atom. The van der Waals surface area contributed by atoms with Crippen molar-refractivity contribution in [1.82, 2.24) is 0 Å². The summed E-state index contributed by atoms with van der Waals surface area (Å²) in [6.45, 7) is 1.95. The second kappa shape index (κ2) is 6.06. The average Bonchev–Trinajstić information content (AvgIpc) is 2.82. The first-order valence-corrected chi connectivity index (χ1v) is 5.97. The highest BCUT2D eigenvalue weighted by atomic mass is 16.3. The van der Waals surface area contributed by atoms with Gasteiger partial charge in [-0.3, -0.25) is 4.79 Å². The quantitative estimate of drug-likeness (QED) is 0.770. The summed E-state index contributed by atoms with van der Waals surface area (Å²) in [7, 11) is 0. The minimum absolute atomic E-state index is 0.432. The maximum Gasteiger partial charge on any atom is 0.250 e. The van der Waals surface area contributed by atoms with E-state index in [1.807, 2.05) is 31.2 Å². The number of amides is 1. The predicted octanol–water partition coefficient (Wildman–Crippen LogP) is 2.13. The van der Waals surface area contributed by atoms with Crippen LogP contribution in [0.2, 0.25) is 0 Å². The Morgan fingerprint density at radius 3 is 2.74 bits per heavy atom. The van der Waals surface area contributed by atoms with Gasteiger partial charge in [-0.15, -0.1) is 0 Å². The van der Waals surface area contributed by atoms with Gasteiger partial charge in [0.2, 0.25) is 5.91 Å². The standard InChI is InChI=1S/C14H16N2O3/c1-10-5-6-13(19-10)8-15-11-3-2-4-12(7-11)16-14(18)9-17/h2-7,15,17H,8-9H2,1H3,(H,16,18). The number of hydrogen-bond donors (Lipinski definition) is 3. The first-order chi connectivity index (χ1) is 9.17. The molecule has 0 aliphatic carbocycles. The van der Waals surface area contributed by atoms with Crippen LogP contribution in [0.4, 0.5) is 11.4 Å². The summed E-state index contributed by atoms with van der Waals surface area (Å²) in [5.74, 6) is 1.29. The fourth-order valence-corrected chi connectivity index (χ4v) is 1.68. The molecule has 2 rings (SSSR count). The molecule has 1 amide bonds. The van der Waals surface area contributed by atoms with Crippen LogP contribution in [0, 0.1) is 6.92 Å². The van der Waals surface area contributed by atoms with Gasteiger partial charge >= 0.3 is 0 Å². The van der Waals surface area contributed by atoms with Crippen LogP contribution < -0.4 is 10.6 Å². The molecule has 19 heavy (non-hydrogen) atoms. The molecule has 0 bridgehead atoms. The second-order valence-electron chi connectivity index (χ2n) is 4.15. The highest BCUT2D eigenvalue weighted by Crippen LogP contribution is 2.16. The number of aliphatic hydroxyl groups excluding tert-OH is 1. The van der Waals surface area contributed by atoms with E-state index in [9.17, 15) is 4.79 Å². The molecule has 100 valence electrons. The average molecular weight is 260 g/mol. The molecular formula is C14H16N2O3. The van der Waals surface area contributed by atoms with E-state index < -0.39 is 12.5 Å². The number of aryl methyl sites for hydroxylation is 1. The zero-order valence-electron chi connectivity index (χ0n) is 10.6. The summed E-state index contributed by atoms with van der Waals surface area (Å²) >= 11 is 0. The maximum atomic E-state index is 11.1. The third kappa shape index (κ3) is 3.86. The molecule has 1 aromatic heterocycles. The van der Waals surface area contributed by atoms with E-state index in [4.69, 9.17) is 9.52 Å². The van der Waals surface area contributed by atoms with E-state index in [0.717, 1.165) is 17.2 Å². The van der Waals surface area contributed by atoms with Gasteiger partial charge in [0.1, 0.15) is 18.1 Å². The Kier molecular flexibility index (Phi) is 4.20. The van der Waals surface area contributed by atoms with E-state index in [1.54, 1.807) is 12.1 Å². The fraction of sp³-hybridized carbons (Fsp3) is 0.214. The SMILES string of the molecule is Cc1ccc(CNc2cccc(NC(=O)CO)c2)o1. The van der Waals surface area contributed by atoms with Crippen LogP contribution in [0.15, 0.2) is 40.8 Å². The van der Waals surface area contributed by atoms with Crippen molar-refractivity contribution in [2.45, 2.75) is 13.5 Å². The lowest BCUT2D eigenvalue weighted by atomic mass is 10.2. The molecule has 1 heterocycles. The van der Waals surface area contributed by atoms with Crippen LogP contribution in [0.3, 0.4) is 0 Å². The largest absolute Gasteiger partial charge is 0.465 e. The Labute approximate surface area is 111 Å². The number of anilines is 2. The molecule has 5 heteroatoms. The number of carbonyl (C=O) groups excluding carboxylic acids is 1. The Balaban J connectivity index is 1.97. The number of rotatable bonds is 5. The molecule has 0 saturated carbocycles. The van der Waals surface area contributed by atoms with Crippen LogP contribution in [0.1, 0.15) is 11.5 Å². The van der Waals surface area contributed by atoms with Gasteiger partial charge in [-0.2, -0.15) is 0 Å². The van der Waals surface area contributed by atoms with Gasteiger partial charge in [0.05, 0.1) is 6.54 Å². The van der Waals surface area contributed by atoms with Gasteiger partial charge in [-0.1, -0.05) is 6.07 Å². The zero-order valence-corrected chi connectivity index (χ0v) is 10.6. The topological polar surface area (TPSA) is 74.5 Å². The van der Waals surface area contributed by atoms with E-state index in [2.05, 4.69) is 10.6 Å². The molecule has 0 unspecified atom stereocenters. The maximum absolute atomic E-state index is 11.1. The van der Waals surface area contributed by atoms with Gasteiger partial charge in [-0.25, -0.2) is 0 Å². The summed E-state index contributed by atoms with van der Waals surface area (Å²) < 4.78 is 5.45. The molecule has 0 atom stereocenters. The normalized spacial score (nSPS) is 10.2. The Hall–Kier alpha value is -2.27. The molecule has 3 N–H and O–H groups in total. The number of aliphatic hydroxyl groups is 1. The minimum atomic E-state index is -0.524. The van der Waals surface area contributed by atoms with Gasteiger partial charge in [0.25, 0.3) is 0 Å². The van der Waals surface area contributed by atoms with Gasteiger partial charge < -0.3 is 20.2 Å². The van der Waals surface area contributed by atoms with Gasteiger partial charge in [0, 0.05) is 11.4 Å². The highest BCUT2D eigenvalue weighted by Gasteiger charge is 2.02. The summed E-state index contributed by atoms with van der Waals surface area (Å²) in [4.78, 5) is 11.1. The van der Waals surface area contributed by atoms with Crippen molar-refractivity contribution in [2.24, 2.45) is 0 Å². The molecule has 0 aliphatic rings. The van der Waals surface area contributed by atoms with Crippen molar-refractivity contribution in [2.75, 3.05) is 17.2 Å². The molecule has 0 fully saturated rings. The number of carbonyl (C=O) groups is 1. The molecular weight excluding hydrogens is 244 g/mol. The Morgan fingerprint density at radius 1 is 1.26 bits per heavy atom. The van der Waals surface area contributed by atoms with Crippen molar-refractivity contribution in [3.8, 4) is 0 Å². The highest BCUT2D eigenvalue weighted by molar-refractivity contribution is 5.91. The molecule has 5 nitrogen and oxygen atoms in total. The van der Waals surface area contributed by atoms with E-state index in [0.29, 0.717) is 12.2 Å². The third-order valence-electron chi connectivity index (χ3n) is 2.55. The predicted molar refractivity (Wildman–Crippen MR) is 72.9 cm³/mol. The smallest absolute Gasteiger partial charge is 0.250 e. The van der Waals surface area contributed by atoms with Gasteiger partial charge in [-0.05, 0) is 37.3 Å². The van der Waals surface area contributed by atoms with E-state index in [1.165, 1.54) is 0 Å². The Bertz CT molecular complexity index is 563. The summed E-state index contributed by atoms with van der Waals surface area (Å²) in [6, 6.07) is 11.1. The second-order valence-corrected chi connectivity index (χ2v) is 4.15. The van der Waals surface area contributed by atoms with Crippen molar-refractivity contribution < 1.29 is 14.3 Å². The molecule has 0 radical (unpaired) electrons. The van der Waals surface area contributed by atoms with Crippen molar-refractivity contribution in [3.63, 3.8) is 0 Å². The monoisotopic (exact) mass is 260 g/mol. The first-order valence-electron chi connectivity index (χ1n) is 5.97. The summed E-state index contributed by atoms with van der Waals surface area (Å²) in [5, 5.41) is 14.5. The van der Waals surface area contributed by atoms with Crippen LogP contribution in [-0.2, 0) is 11.3 Å². The molecule has 2 aromatic rings. The third-order valence-corrected chi connectivity index (χ3v) is 2.55. The number of furan rings is 1. The van der Waals surface area contributed by atoms with E-state index >= 15 is 0 Å². The molecule has 0 spiro atoms.